The molecular weight excluding hydrogens is 319 g/mol. The summed E-state index contributed by atoms with van der Waals surface area (Å²) in [7, 11) is 1.95. The first-order valence-corrected chi connectivity index (χ1v) is 8.18. The normalized spacial score (nSPS) is 10.9. The Hall–Kier alpha value is -2.69. The Morgan fingerprint density at radius 1 is 1.24 bits per heavy atom. The molecule has 0 atom stereocenters. The van der Waals surface area contributed by atoms with Gasteiger partial charge in [0.2, 0.25) is 0 Å². The van der Waals surface area contributed by atoms with Crippen LogP contribution in [0, 0.1) is 19.7 Å². The Morgan fingerprint density at radius 3 is 2.68 bits per heavy atom. The fraction of sp³-hybridized carbons (Fsp3) is 0.300. The molecule has 0 saturated carbocycles. The summed E-state index contributed by atoms with van der Waals surface area (Å²) in [6, 6.07) is 9.67. The maximum Gasteiger partial charge on any atom is 0.338 e. The lowest BCUT2D eigenvalue weighted by Gasteiger charge is -2.12. The van der Waals surface area contributed by atoms with Gasteiger partial charge < -0.3 is 9.64 Å². The van der Waals surface area contributed by atoms with Crippen molar-refractivity contribution in [3.8, 4) is 0 Å². The highest BCUT2D eigenvalue weighted by Crippen LogP contribution is 2.24. The SMILES string of the molecule is CCN(C)C=Nc1cc(C)c(C(=O)OCc2cccc(F)c2)cc1C. The summed E-state index contributed by atoms with van der Waals surface area (Å²) in [5, 5.41) is 0. The van der Waals surface area contributed by atoms with E-state index in [2.05, 4.69) is 4.99 Å². The Balaban J connectivity index is 2.12. The second kappa shape index (κ2) is 8.42. The predicted octanol–water partition coefficient (Wildman–Crippen LogP) is 4.41. The van der Waals surface area contributed by atoms with Gasteiger partial charge in [0, 0.05) is 13.6 Å². The van der Waals surface area contributed by atoms with Crippen LogP contribution in [0.5, 0.6) is 0 Å². The minimum absolute atomic E-state index is 0.0380. The first-order valence-electron chi connectivity index (χ1n) is 8.18. The van der Waals surface area contributed by atoms with Gasteiger partial charge >= 0.3 is 5.97 Å². The molecule has 0 heterocycles. The van der Waals surface area contributed by atoms with Crippen molar-refractivity contribution < 1.29 is 13.9 Å². The van der Waals surface area contributed by atoms with Gasteiger partial charge in [0.1, 0.15) is 12.4 Å². The van der Waals surface area contributed by atoms with Gasteiger partial charge in [0.15, 0.2) is 0 Å². The number of rotatable bonds is 6. The Morgan fingerprint density at radius 2 is 2.00 bits per heavy atom. The molecule has 0 radical (unpaired) electrons. The van der Waals surface area contributed by atoms with Crippen LogP contribution in [-0.4, -0.2) is 30.8 Å². The molecule has 0 saturated heterocycles. The Labute approximate surface area is 148 Å². The molecule has 0 bridgehead atoms. The number of esters is 1. The van der Waals surface area contributed by atoms with E-state index < -0.39 is 5.97 Å². The number of carbonyl (C=O) groups excluding carboxylic acids is 1. The van der Waals surface area contributed by atoms with Crippen molar-refractivity contribution >= 4 is 18.0 Å². The first kappa shape index (κ1) is 18.6. The smallest absolute Gasteiger partial charge is 0.338 e. The third-order valence-electron chi connectivity index (χ3n) is 3.91. The van der Waals surface area contributed by atoms with E-state index in [1.807, 2.05) is 38.8 Å². The number of carbonyl (C=O) groups is 1. The van der Waals surface area contributed by atoms with Gasteiger partial charge in [-0.25, -0.2) is 14.2 Å². The van der Waals surface area contributed by atoms with Crippen molar-refractivity contribution in [2.24, 2.45) is 4.99 Å². The molecule has 0 unspecified atom stereocenters. The molecular formula is C20H23FN2O2. The molecule has 2 rings (SSSR count). The van der Waals surface area contributed by atoms with Gasteiger partial charge in [-0.15, -0.1) is 0 Å². The molecule has 0 aliphatic carbocycles. The monoisotopic (exact) mass is 342 g/mol. The number of ether oxygens (including phenoxy) is 1. The Kier molecular flexibility index (Phi) is 6.28. The van der Waals surface area contributed by atoms with E-state index in [1.54, 1.807) is 24.5 Å². The number of aryl methyl sites for hydroxylation is 2. The number of nitrogens with zero attached hydrogens (tertiary/aromatic N) is 2. The topological polar surface area (TPSA) is 41.9 Å². The third-order valence-corrected chi connectivity index (χ3v) is 3.91. The van der Waals surface area contributed by atoms with Gasteiger partial charge in [-0.1, -0.05) is 12.1 Å². The molecule has 4 nitrogen and oxygen atoms in total. The summed E-state index contributed by atoms with van der Waals surface area (Å²) in [6.07, 6.45) is 1.77. The zero-order valence-corrected chi connectivity index (χ0v) is 15.0. The van der Waals surface area contributed by atoms with E-state index >= 15 is 0 Å². The van der Waals surface area contributed by atoms with E-state index in [4.69, 9.17) is 4.74 Å². The second-order valence-corrected chi connectivity index (χ2v) is 5.98. The van der Waals surface area contributed by atoms with Crippen LogP contribution in [0.3, 0.4) is 0 Å². The molecule has 25 heavy (non-hydrogen) atoms. The lowest BCUT2D eigenvalue weighted by molar-refractivity contribution is 0.0471. The molecule has 132 valence electrons. The van der Waals surface area contributed by atoms with Crippen LogP contribution in [-0.2, 0) is 11.3 Å². The summed E-state index contributed by atoms with van der Waals surface area (Å²) in [6.45, 7) is 6.70. The van der Waals surface area contributed by atoms with Crippen molar-refractivity contribution in [3.05, 3.63) is 64.5 Å². The number of hydrogen-bond donors (Lipinski definition) is 0. The van der Waals surface area contributed by atoms with Gasteiger partial charge in [-0.2, -0.15) is 0 Å². The van der Waals surface area contributed by atoms with Crippen LogP contribution in [0.25, 0.3) is 0 Å². The largest absolute Gasteiger partial charge is 0.457 e. The Bertz CT molecular complexity index is 787. The lowest BCUT2D eigenvalue weighted by Crippen LogP contribution is -2.14. The standard InChI is InChI=1S/C20H23FN2O2/c1-5-23(4)13-22-19-10-14(2)18(9-15(19)3)20(24)25-12-16-7-6-8-17(21)11-16/h6-11,13H,5,12H2,1-4H3. The average molecular weight is 342 g/mol. The zero-order chi connectivity index (χ0) is 18.4. The molecule has 0 aromatic heterocycles. The molecule has 0 N–H and O–H groups in total. The molecule has 0 spiro atoms. The van der Waals surface area contributed by atoms with Crippen LogP contribution in [0.2, 0.25) is 0 Å². The van der Waals surface area contributed by atoms with Crippen molar-refractivity contribution in [2.75, 3.05) is 13.6 Å². The van der Waals surface area contributed by atoms with Crippen LogP contribution in [0.15, 0.2) is 41.4 Å². The fourth-order valence-electron chi connectivity index (χ4n) is 2.26. The molecule has 0 amide bonds. The maximum absolute atomic E-state index is 13.2. The maximum atomic E-state index is 13.2. The van der Waals surface area contributed by atoms with Gasteiger partial charge in [0.25, 0.3) is 0 Å². The van der Waals surface area contributed by atoms with Crippen LogP contribution in [0.1, 0.15) is 34.0 Å². The lowest BCUT2D eigenvalue weighted by atomic mass is 10.0. The van der Waals surface area contributed by atoms with Crippen molar-refractivity contribution in [1.29, 1.82) is 0 Å². The van der Waals surface area contributed by atoms with Crippen LogP contribution < -0.4 is 0 Å². The second-order valence-electron chi connectivity index (χ2n) is 5.98. The summed E-state index contributed by atoms with van der Waals surface area (Å²) in [4.78, 5) is 18.8. The minimum atomic E-state index is -0.425. The van der Waals surface area contributed by atoms with Gasteiger partial charge in [-0.3, -0.25) is 0 Å². The van der Waals surface area contributed by atoms with E-state index in [0.29, 0.717) is 11.1 Å². The van der Waals surface area contributed by atoms with E-state index in [9.17, 15) is 9.18 Å². The number of hydrogen-bond acceptors (Lipinski definition) is 3. The van der Waals surface area contributed by atoms with E-state index in [0.717, 1.165) is 23.4 Å². The first-order chi connectivity index (χ1) is 11.9. The average Bonchev–Trinajstić information content (AvgIpc) is 2.59. The number of benzene rings is 2. The molecule has 2 aromatic rings. The molecule has 5 heteroatoms. The quantitative estimate of drug-likeness (QED) is 0.443. The third kappa shape index (κ3) is 5.14. The zero-order valence-electron chi connectivity index (χ0n) is 15.0. The number of halogens is 1. The highest BCUT2D eigenvalue weighted by Gasteiger charge is 2.13. The molecule has 0 aliphatic rings. The highest BCUT2D eigenvalue weighted by molar-refractivity contribution is 5.92. The molecule has 0 aliphatic heterocycles. The summed E-state index contributed by atoms with van der Waals surface area (Å²) >= 11 is 0. The predicted molar refractivity (Wildman–Crippen MR) is 97.9 cm³/mol. The number of aliphatic imine (C=N–C) groups is 1. The molecule has 0 fully saturated rings. The van der Waals surface area contributed by atoms with Crippen LogP contribution in [0.4, 0.5) is 10.1 Å². The van der Waals surface area contributed by atoms with Crippen molar-refractivity contribution in [1.82, 2.24) is 4.90 Å². The van der Waals surface area contributed by atoms with E-state index in [1.165, 1.54) is 12.1 Å². The summed E-state index contributed by atoms with van der Waals surface area (Å²) in [5.41, 5.74) is 3.62. The summed E-state index contributed by atoms with van der Waals surface area (Å²) in [5.74, 6) is -0.772. The van der Waals surface area contributed by atoms with Crippen LogP contribution >= 0.6 is 0 Å². The summed E-state index contributed by atoms with van der Waals surface area (Å²) < 4.78 is 18.5. The van der Waals surface area contributed by atoms with Gasteiger partial charge in [0.05, 0.1) is 17.6 Å². The van der Waals surface area contributed by atoms with Crippen molar-refractivity contribution in [2.45, 2.75) is 27.4 Å². The van der Waals surface area contributed by atoms with Gasteiger partial charge in [-0.05, 0) is 61.7 Å². The molecule has 2 aromatic carbocycles. The fourth-order valence-corrected chi connectivity index (χ4v) is 2.26. The minimum Gasteiger partial charge on any atom is -0.457 e. The van der Waals surface area contributed by atoms with Crippen molar-refractivity contribution in [3.63, 3.8) is 0 Å². The van der Waals surface area contributed by atoms with E-state index in [-0.39, 0.29) is 12.4 Å². The highest BCUT2D eigenvalue weighted by atomic mass is 19.1.